The van der Waals surface area contributed by atoms with Crippen molar-refractivity contribution in [3.8, 4) is 0 Å². The van der Waals surface area contributed by atoms with Crippen molar-refractivity contribution in [3.05, 3.63) is 0 Å². The van der Waals surface area contributed by atoms with Crippen LogP contribution in [0.1, 0.15) is 65.7 Å². The molecule has 1 rings (SSSR count). The van der Waals surface area contributed by atoms with Crippen LogP contribution in [0.25, 0.3) is 0 Å². The van der Waals surface area contributed by atoms with E-state index in [1.807, 2.05) is 4.90 Å². The average molecular weight is 282 g/mol. The van der Waals surface area contributed by atoms with E-state index in [1.54, 1.807) is 0 Å². The van der Waals surface area contributed by atoms with Gasteiger partial charge in [-0.25, -0.2) is 0 Å². The summed E-state index contributed by atoms with van der Waals surface area (Å²) in [6.45, 7) is 7.94. The molecule has 0 aromatic heterocycles. The van der Waals surface area contributed by atoms with E-state index in [0.717, 1.165) is 45.2 Å². The minimum absolute atomic E-state index is 0.0165. The predicted octanol–water partition coefficient (Wildman–Crippen LogP) is 2.72. The summed E-state index contributed by atoms with van der Waals surface area (Å²) in [6, 6.07) is -0.336. The van der Waals surface area contributed by atoms with Crippen molar-refractivity contribution in [1.29, 1.82) is 0 Å². The molecule has 2 amide bonds. The minimum atomic E-state index is -0.336. The van der Waals surface area contributed by atoms with Crippen LogP contribution in [0.15, 0.2) is 0 Å². The fourth-order valence-electron chi connectivity index (χ4n) is 2.63. The summed E-state index contributed by atoms with van der Waals surface area (Å²) in [5, 5.41) is 2.95. The number of carbonyl (C=O) groups is 2. The molecule has 1 atom stereocenters. The minimum Gasteiger partial charge on any atom is -0.344 e. The Labute approximate surface area is 123 Å². The summed E-state index contributed by atoms with van der Waals surface area (Å²) < 4.78 is 0. The lowest BCUT2D eigenvalue weighted by Gasteiger charge is -2.31. The van der Waals surface area contributed by atoms with Crippen LogP contribution in [0.3, 0.4) is 0 Å². The van der Waals surface area contributed by atoms with E-state index in [-0.39, 0.29) is 17.9 Å². The number of nitrogens with one attached hydrogen (secondary N) is 1. The van der Waals surface area contributed by atoms with Crippen molar-refractivity contribution in [1.82, 2.24) is 10.2 Å². The van der Waals surface area contributed by atoms with Crippen molar-refractivity contribution in [2.24, 2.45) is 5.92 Å². The first-order chi connectivity index (χ1) is 9.54. The fourth-order valence-corrected chi connectivity index (χ4v) is 2.63. The zero-order chi connectivity index (χ0) is 15.0. The van der Waals surface area contributed by atoms with Crippen molar-refractivity contribution < 1.29 is 9.59 Å². The highest BCUT2D eigenvalue weighted by atomic mass is 16.2. The molecule has 0 saturated carbocycles. The van der Waals surface area contributed by atoms with Crippen LogP contribution in [-0.4, -0.2) is 35.8 Å². The van der Waals surface area contributed by atoms with E-state index >= 15 is 0 Å². The molecule has 0 spiro atoms. The average Bonchev–Trinajstić information content (AvgIpc) is 2.44. The van der Waals surface area contributed by atoms with Crippen LogP contribution < -0.4 is 5.32 Å². The molecule has 20 heavy (non-hydrogen) atoms. The number of piperidine rings is 1. The Morgan fingerprint density at radius 1 is 1.15 bits per heavy atom. The summed E-state index contributed by atoms with van der Waals surface area (Å²) in [4.78, 5) is 26.4. The van der Waals surface area contributed by atoms with Gasteiger partial charge < -0.3 is 10.2 Å². The normalized spacial score (nSPS) is 17.1. The zero-order valence-corrected chi connectivity index (χ0v) is 13.3. The highest BCUT2D eigenvalue weighted by Crippen LogP contribution is 2.14. The number of carbonyl (C=O) groups excluding carboxylic acids is 2. The van der Waals surface area contributed by atoms with Crippen LogP contribution in [0.4, 0.5) is 0 Å². The second-order valence-electron chi connectivity index (χ2n) is 6.24. The Hall–Kier alpha value is -1.06. The standard InChI is InChI=1S/C16H30N2O2/c1-4-5-9-15(19)17-14(12-13(2)3)16(20)18-10-7-6-8-11-18/h13-14H,4-12H2,1-3H3,(H,17,19)/t14-/m0/s1. The van der Waals surface area contributed by atoms with Crippen LogP contribution in [0.2, 0.25) is 0 Å². The Bertz CT molecular complexity index is 310. The van der Waals surface area contributed by atoms with Gasteiger partial charge in [-0.05, 0) is 38.0 Å². The van der Waals surface area contributed by atoms with Gasteiger partial charge in [0, 0.05) is 19.5 Å². The highest BCUT2D eigenvalue weighted by molar-refractivity contribution is 5.87. The van der Waals surface area contributed by atoms with Gasteiger partial charge in [0.1, 0.15) is 6.04 Å². The fraction of sp³-hybridized carbons (Fsp3) is 0.875. The maximum atomic E-state index is 12.6. The molecular formula is C16H30N2O2. The Balaban J connectivity index is 2.57. The molecule has 0 bridgehead atoms. The number of likely N-dealkylation sites (tertiary alicyclic amines) is 1. The quantitative estimate of drug-likeness (QED) is 0.780. The van der Waals surface area contributed by atoms with E-state index < -0.39 is 0 Å². The molecule has 1 N–H and O–H groups in total. The molecule has 116 valence electrons. The largest absolute Gasteiger partial charge is 0.344 e. The van der Waals surface area contributed by atoms with E-state index in [1.165, 1.54) is 6.42 Å². The molecule has 0 aromatic rings. The molecule has 1 saturated heterocycles. The molecule has 0 aliphatic carbocycles. The topological polar surface area (TPSA) is 49.4 Å². The van der Waals surface area contributed by atoms with Gasteiger partial charge in [0.05, 0.1) is 0 Å². The van der Waals surface area contributed by atoms with Gasteiger partial charge in [-0.3, -0.25) is 9.59 Å². The molecule has 1 heterocycles. The van der Waals surface area contributed by atoms with E-state index in [4.69, 9.17) is 0 Å². The van der Waals surface area contributed by atoms with Crippen molar-refractivity contribution in [3.63, 3.8) is 0 Å². The third-order valence-corrected chi connectivity index (χ3v) is 3.77. The van der Waals surface area contributed by atoms with E-state index in [0.29, 0.717) is 12.3 Å². The third-order valence-electron chi connectivity index (χ3n) is 3.77. The van der Waals surface area contributed by atoms with Crippen molar-refractivity contribution in [2.45, 2.75) is 71.8 Å². The summed E-state index contributed by atoms with van der Waals surface area (Å²) in [5.74, 6) is 0.534. The SMILES string of the molecule is CCCCC(=O)N[C@@H](CC(C)C)C(=O)N1CCCCC1. The Morgan fingerprint density at radius 2 is 1.80 bits per heavy atom. The first-order valence-electron chi connectivity index (χ1n) is 8.12. The molecule has 1 aliphatic heterocycles. The summed E-state index contributed by atoms with van der Waals surface area (Å²) >= 11 is 0. The smallest absolute Gasteiger partial charge is 0.245 e. The summed E-state index contributed by atoms with van der Waals surface area (Å²) in [7, 11) is 0. The Morgan fingerprint density at radius 3 is 2.35 bits per heavy atom. The lowest BCUT2D eigenvalue weighted by molar-refractivity contribution is -0.137. The lowest BCUT2D eigenvalue weighted by Crippen LogP contribution is -2.50. The van der Waals surface area contributed by atoms with Crippen LogP contribution in [0, 0.1) is 5.92 Å². The summed E-state index contributed by atoms with van der Waals surface area (Å²) in [5.41, 5.74) is 0. The molecule has 0 aromatic carbocycles. The maximum absolute atomic E-state index is 12.6. The summed E-state index contributed by atoms with van der Waals surface area (Å²) in [6.07, 6.45) is 6.53. The zero-order valence-electron chi connectivity index (χ0n) is 13.3. The van der Waals surface area contributed by atoms with Crippen LogP contribution >= 0.6 is 0 Å². The first-order valence-corrected chi connectivity index (χ1v) is 8.12. The Kier molecular flexibility index (Phi) is 7.63. The van der Waals surface area contributed by atoms with Gasteiger partial charge in [-0.2, -0.15) is 0 Å². The molecule has 1 fully saturated rings. The van der Waals surface area contributed by atoms with Gasteiger partial charge in [-0.1, -0.05) is 27.2 Å². The van der Waals surface area contributed by atoms with E-state index in [9.17, 15) is 9.59 Å². The second-order valence-corrected chi connectivity index (χ2v) is 6.24. The number of unbranched alkanes of at least 4 members (excludes halogenated alkanes) is 1. The predicted molar refractivity (Wildman–Crippen MR) is 81.3 cm³/mol. The van der Waals surface area contributed by atoms with Crippen molar-refractivity contribution in [2.75, 3.05) is 13.1 Å². The monoisotopic (exact) mass is 282 g/mol. The number of hydrogen-bond donors (Lipinski definition) is 1. The molecule has 1 aliphatic rings. The van der Waals surface area contributed by atoms with Gasteiger partial charge >= 0.3 is 0 Å². The van der Waals surface area contributed by atoms with Crippen LogP contribution in [-0.2, 0) is 9.59 Å². The van der Waals surface area contributed by atoms with Crippen LogP contribution in [0.5, 0.6) is 0 Å². The van der Waals surface area contributed by atoms with Crippen molar-refractivity contribution >= 4 is 11.8 Å². The van der Waals surface area contributed by atoms with Gasteiger partial charge in [0.15, 0.2) is 0 Å². The lowest BCUT2D eigenvalue weighted by atomic mass is 10.0. The van der Waals surface area contributed by atoms with Gasteiger partial charge in [0.25, 0.3) is 0 Å². The highest BCUT2D eigenvalue weighted by Gasteiger charge is 2.27. The molecule has 0 radical (unpaired) electrons. The maximum Gasteiger partial charge on any atom is 0.245 e. The van der Waals surface area contributed by atoms with Gasteiger partial charge in [-0.15, -0.1) is 0 Å². The molecular weight excluding hydrogens is 252 g/mol. The van der Waals surface area contributed by atoms with Gasteiger partial charge in [0.2, 0.25) is 11.8 Å². The third kappa shape index (κ3) is 5.93. The number of nitrogens with zero attached hydrogens (tertiary/aromatic N) is 1. The first kappa shape index (κ1) is 17.0. The molecule has 0 unspecified atom stereocenters. The van der Waals surface area contributed by atoms with E-state index in [2.05, 4.69) is 26.1 Å². The second kappa shape index (κ2) is 8.98. The number of amides is 2. The molecule has 4 nitrogen and oxygen atoms in total. The number of rotatable bonds is 7. The molecule has 4 heteroatoms. The number of hydrogen-bond acceptors (Lipinski definition) is 2.